The Hall–Kier alpha value is -5.29. The summed E-state index contributed by atoms with van der Waals surface area (Å²) in [7, 11) is 1.52. The molecule has 0 fully saturated rings. The molecule has 0 saturated carbocycles. The monoisotopic (exact) mass is 586 g/mol. The summed E-state index contributed by atoms with van der Waals surface area (Å²) in [5.41, 5.74) is 3.42. The number of rotatable bonds is 13. The number of methoxy groups -OCH3 is 1. The minimum Gasteiger partial charge on any atom is -0.496 e. The van der Waals surface area contributed by atoms with Crippen molar-refractivity contribution in [3.63, 3.8) is 0 Å². The van der Waals surface area contributed by atoms with Gasteiger partial charge in [-0.3, -0.25) is 4.68 Å². The average Bonchev–Trinajstić information content (AvgIpc) is 3.65. The van der Waals surface area contributed by atoms with Crippen LogP contribution in [0, 0.1) is 0 Å². The molecule has 222 valence electrons. The highest BCUT2D eigenvalue weighted by Gasteiger charge is 2.21. The maximum absolute atomic E-state index is 12.4. The number of benzene rings is 3. The third-order valence-electron chi connectivity index (χ3n) is 6.80. The van der Waals surface area contributed by atoms with Gasteiger partial charge < -0.3 is 33.9 Å². The molecule has 1 aliphatic heterocycles. The van der Waals surface area contributed by atoms with E-state index in [1.807, 2.05) is 13.0 Å². The summed E-state index contributed by atoms with van der Waals surface area (Å²) in [6.07, 6.45) is 3.49. The number of ether oxygens (including phenoxy) is 5. The van der Waals surface area contributed by atoms with E-state index >= 15 is 0 Å². The van der Waals surface area contributed by atoms with E-state index in [4.69, 9.17) is 23.7 Å². The molecule has 0 unspecified atom stereocenters. The van der Waals surface area contributed by atoms with Gasteiger partial charge in [-0.05, 0) is 42.8 Å². The zero-order chi connectivity index (χ0) is 30.3. The molecule has 0 atom stereocenters. The van der Waals surface area contributed by atoms with Crippen LogP contribution < -0.4 is 18.9 Å². The fraction of sp³-hybridized carbons (Fsp3) is 0.219. The molecular weight excluding hydrogens is 556 g/mol. The van der Waals surface area contributed by atoms with Gasteiger partial charge in [0.2, 0.25) is 6.79 Å². The van der Waals surface area contributed by atoms with Gasteiger partial charge in [0.1, 0.15) is 11.5 Å². The molecule has 43 heavy (non-hydrogen) atoms. The van der Waals surface area contributed by atoms with Gasteiger partial charge in [0.15, 0.2) is 18.3 Å². The SMILES string of the molecule is CCn1cc(C=C(Cc2cc3c(cc2OC)OCO3)C(=O)O)c(-c2cccc(OCOCc3ccccc3C(=O)O)c2)n1. The number of carboxylic acids is 2. The summed E-state index contributed by atoms with van der Waals surface area (Å²) in [6.45, 7) is 2.59. The minimum absolute atomic E-state index is 0.0735. The number of hydrogen-bond acceptors (Lipinski definition) is 8. The quantitative estimate of drug-likeness (QED) is 0.121. The Labute approximate surface area is 247 Å². The molecule has 0 radical (unpaired) electrons. The fourth-order valence-corrected chi connectivity index (χ4v) is 4.65. The Balaban J connectivity index is 1.36. The molecule has 2 heterocycles. The van der Waals surface area contributed by atoms with Gasteiger partial charge in [-0.15, -0.1) is 0 Å². The molecule has 0 amide bonds. The maximum Gasteiger partial charge on any atom is 0.336 e. The van der Waals surface area contributed by atoms with Crippen LogP contribution in [0.4, 0.5) is 0 Å². The van der Waals surface area contributed by atoms with Crippen LogP contribution in [0.2, 0.25) is 0 Å². The predicted octanol–water partition coefficient (Wildman–Crippen LogP) is 5.27. The first-order valence-corrected chi connectivity index (χ1v) is 13.5. The number of hydrogen-bond donors (Lipinski definition) is 2. The molecule has 11 nitrogen and oxygen atoms in total. The van der Waals surface area contributed by atoms with Crippen LogP contribution in [-0.2, 0) is 29.1 Å². The Morgan fingerprint density at radius 1 is 1.02 bits per heavy atom. The molecule has 5 rings (SSSR count). The number of aromatic nitrogens is 2. The minimum atomic E-state index is -1.08. The molecule has 0 aliphatic carbocycles. The van der Waals surface area contributed by atoms with Gasteiger partial charge >= 0.3 is 11.9 Å². The number of aromatic carboxylic acids is 1. The largest absolute Gasteiger partial charge is 0.496 e. The van der Waals surface area contributed by atoms with Crippen molar-refractivity contribution >= 4 is 18.0 Å². The summed E-state index contributed by atoms with van der Waals surface area (Å²) in [5, 5.41) is 24.1. The lowest BCUT2D eigenvalue weighted by Crippen LogP contribution is -2.07. The second kappa shape index (κ2) is 13.1. The Bertz CT molecular complexity index is 1680. The van der Waals surface area contributed by atoms with Crippen LogP contribution in [0.1, 0.15) is 34.0 Å². The highest BCUT2D eigenvalue weighted by Crippen LogP contribution is 2.39. The van der Waals surface area contributed by atoms with Crippen LogP contribution in [0.15, 0.2) is 72.4 Å². The number of nitrogens with zero attached hydrogens (tertiary/aromatic N) is 2. The average molecular weight is 587 g/mol. The second-order valence-corrected chi connectivity index (χ2v) is 9.56. The fourth-order valence-electron chi connectivity index (χ4n) is 4.65. The first-order chi connectivity index (χ1) is 20.9. The highest BCUT2D eigenvalue weighted by molar-refractivity contribution is 5.94. The second-order valence-electron chi connectivity index (χ2n) is 9.56. The van der Waals surface area contributed by atoms with Crippen molar-refractivity contribution in [2.24, 2.45) is 0 Å². The summed E-state index contributed by atoms with van der Waals surface area (Å²) >= 11 is 0. The van der Waals surface area contributed by atoms with E-state index in [1.165, 1.54) is 13.2 Å². The Morgan fingerprint density at radius 3 is 2.56 bits per heavy atom. The third kappa shape index (κ3) is 6.79. The lowest BCUT2D eigenvalue weighted by Gasteiger charge is -2.11. The third-order valence-corrected chi connectivity index (χ3v) is 6.80. The number of aliphatic carboxylic acids is 1. The van der Waals surface area contributed by atoms with E-state index in [1.54, 1.807) is 65.5 Å². The van der Waals surface area contributed by atoms with Crippen LogP contribution in [0.3, 0.4) is 0 Å². The van der Waals surface area contributed by atoms with Gasteiger partial charge in [0.25, 0.3) is 0 Å². The van der Waals surface area contributed by atoms with E-state index in [9.17, 15) is 19.8 Å². The number of carboxylic acid groups (broad SMARTS) is 2. The van der Waals surface area contributed by atoms with Gasteiger partial charge in [-0.25, -0.2) is 9.59 Å². The first-order valence-electron chi connectivity index (χ1n) is 13.5. The number of aryl methyl sites for hydroxylation is 1. The van der Waals surface area contributed by atoms with Crippen molar-refractivity contribution < 1.29 is 43.5 Å². The zero-order valence-electron chi connectivity index (χ0n) is 23.6. The molecule has 0 spiro atoms. The standard InChI is InChI=1S/C32H30N2O9/c1-3-34-16-24(12-23(31(35)36)11-22-14-28-29(43-19-42-28)15-27(22)39-2)30(33-34)20-8-6-9-25(13-20)41-18-40-17-21-7-4-5-10-26(21)32(37)38/h4-10,12-16H,3,11,17-19H2,1-2H3,(H,35,36)(H,37,38). The Kier molecular flexibility index (Phi) is 8.92. The summed E-state index contributed by atoms with van der Waals surface area (Å²) in [6, 6.07) is 17.3. The van der Waals surface area contributed by atoms with Gasteiger partial charge in [-0.1, -0.05) is 30.3 Å². The molecule has 0 bridgehead atoms. The van der Waals surface area contributed by atoms with E-state index in [-0.39, 0.29) is 37.8 Å². The number of carbonyl (C=O) groups is 2. The molecular formula is C32H30N2O9. The van der Waals surface area contributed by atoms with Crippen molar-refractivity contribution in [3.8, 4) is 34.3 Å². The van der Waals surface area contributed by atoms with Crippen LogP contribution in [0.25, 0.3) is 17.3 Å². The summed E-state index contributed by atoms with van der Waals surface area (Å²) in [4.78, 5) is 23.8. The summed E-state index contributed by atoms with van der Waals surface area (Å²) < 4.78 is 29.5. The van der Waals surface area contributed by atoms with E-state index in [2.05, 4.69) is 5.10 Å². The topological polar surface area (TPSA) is 139 Å². The van der Waals surface area contributed by atoms with Crippen molar-refractivity contribution in [2.75, 3.05) is 20.7 Å². The van der Waals surface area contributed by atoms with Gasteiger partial charge in [-0.2, -0.15) is 5.10 Å². The molecule has 0 saturated heterocycles. The lowest BCUT2D eigenvalue weighted by molar-refractivity contribution is -0.132. The Morgan fingerprint density at radius 2 is 1.81 bits per heavy atom. The molecule has 2 N–H and O–H groups in total. The zero-order valence-corrected chi connectivity index (χ0v) is 23.6. The van der Waals surface area contributed by atoms with Gasteiger partial charge in [0.05, 0.1) is 25.0 Å². The van der Waals surface area contributed by atoms with Crippen molar-refractivity contribution in [1.29, 1.82) is 0 Å². The van der Waals surface area contributed by atoms with Crippen molar-refractivity contribution in [1.82, 2.24) is 9.78 Å². The molecule has 4 aromatic rings. The van der Waals surface area contributed by atoms with Crippen molar-refractivity contribution in [3.05, 3.63) is 94.7 Å². The van der Waals surface area contributed by atoms with Gasteiger partial charge in [0, 0.05) is 47.5 Å². The van der Waals surface area contributed by atoms with Crippen LogP contribution >= 0.6 is 0 Å². The molecule has 1 aliphatic rings. The molecule has 3 aromatic carbocycles. The van der Waals surface area contributed by atoms with E-state index in [0.717, 1.165) is 5.56 Å². The predicted molar refractivity (Wildman–Crippen MR) is 155 cm³/mol. The van der Waals surface area contributed by atoms with Crippen molar-refractivity contribution in [2.45, 2.75) is 26.5 Å². The lowest BCUT2D eigenvalue weighted by atomic mass is 10.00. The summed E-state index contributed by atoms with van der Waals surface area (Å²) in [5.74, 6) is -0.00990. The first kappa shape index (κ1) is 29.2. The number of fused-ring (bicyclic) bond motifs is 1. The molecule has 11 heteroatoms. The van der Waals surface area contributed by atoms with E-state index in [0.29, 0.717) is 51.9 Å². The molecule has 1 aromatic heterocycles. The van der Waals surface area contributed by atoms with Crippen LogP contribution in [0.5, 0.6) is 23.0 Å². The highest BCUT2D eigenvalue weighted by atomic mass is 16.7. The normalized spacial score (nSPS) is 12.3. The van der Waals surface area contributed by atoms with Crippen LogP contribution in [-0.4, -0.2) is 52.6 Å². The maximum atomic E-state index is 12.4. The van der Waals surface area contributed by atoms with E-state index < -0.39 is 11.9 Å². The smallest absolute Gasteiger partial charge is 0.336 e.